The average molecular weight is 402 g/mol. The lowest BCUT2D eigenvalue weighted by Gasteiger charge is -2.15. The molecule has 1 heterocycles. The van der Waals surface area contributed by atoms with Crippen LogP contribution in [-0.4, -0.2) is 26.2 Å². The van der Waals surface area contributed by atoms with Crippen LogP contribution in [0.3, 0.4) is 0 Å². The van der Waals surface area contributed by atoms with Crippen LogP contribution in [-0.2, 0) is 6.18 Å². The minimum atomic E-state index is -4.63. The second-order valence-electron chi connectivity index (χ2n) is 5.70. The highest BCUT2D eigenvalue weighted by atomic mass is 35.5. The normalized spacial score (nSPS) is 13.7. The maximum absolute atomic E-state index is 13.0. The number of anilines is 1. The Morgan fingerprint density at radius 2 is 1.81 bits per heavy atom. The number of fused-ring (bicyclic) bond motifs is 1. The van der Waals surface area contributed by atoms with Crippen LogP contribution in [0.5, 0.6) is 17.2 Å². The van der Waals surface area contributed by atoms with E-state index < -0.39 is 22.7 Å². The van der Waals surface area contributed by atoms with Crippen molar-refractivity contribution in [3.8, 4) is 17.2 Å². The molecule has 5 nitrogen and oxygen atoms in total. The quantitative estimate of drug-likeness (QED) is 0.804. The molecule has 0 saturated heterocycles. The number of rotatable bonds is 3. The molecular formula is C18H15ClF3NO4. The van der Waals surface area contributed by atoms with E-state index >= 15 is 0 Å². The van der Waals surface area contributed by atoms with E-state index in [1.54, 1.807) is 0 Å². The predicted octanol–water partition coefficient (Wildman–Crippen LogP) is 4.78. The minimum absolute atomic E-state index is 0.0501. The van der Waals surface area contributed by atoms with Crippen LogP contribution in [0, 0.1) is 0 Å². The van der Waals surface area contributed by atoms with Crippen molar-refractivity contribution in [2.45, 2.75) is 12.6 Å². The van der Waals surface area contributed by atoms with Crippen LogP contribution >= 0.6 is 11.6 Å². The number of nitrogens with one attached hydrogen (secondary N) is 1. The topological polar surface area (TPSA) is 56.8 Å². The third-order valence-electron chi connectivity index (χ3n) is 3.84. The maximum atomic E-state index is 13.0. The van der Waals surface area contributed by atoms with Gasteiger partial charge in [-0.1, -0.05) is 11.6 Å². The molecule has 1 aliphatic heterocycles. The molecule has 0 bridgehead atoms. The number of carbonyl (C=O) groups is 1. The van der Waals surface area contributed by atoms with Gasteiger partial charge in [0.2, 0.25) is 0 Å². The van der Waals surface area contributed by atoms with E-state index in [1.807, 2.05) is 0 Å². The summed E-state index contributed by atoms with van der Waals surface area (Å²) in [5, 5.41) is 1.97. The second-order valence-corrected chi connectivity index (χ2v) is 6.10. The molecule has 0 aromatic heterocycles. The Bertz CT molecular complexity index is 870. The molecular weight excluding hydrogens is 387 g/mol. The summed E-state index contributed by atoms with van der Waals surface area (Å²) in [7, 11) is 1.38. The van der Waals surface area contributed by atoms with Gasteiger partial charge in [-0.2, -0.15) is 13.2 Å². The van der Waals surface area contributed by atoms with E-state index in [-0.39, 0.29) is 17.0 Å². The molecule has 27 heavy (non-hydrogen) atoms. The first-order valence-corrected chi connectivity index (χ1v) is 8.33. The fourth-order valence-electron chi connectivity index (χ4n) is 2.56. The van der Waals surface area contributed by atoms with Crippen molar-refractivity contribution in [1.29, 1.82) is 0 Å². The number of alkyl halides is 3. The highest BCUT2D eigenvalue weighted by molar-refractivity contribution is 6.31. The zero-order valence-electron chi connectivity index (χ0n) is 14.2. The van der Waals surface area contributed by atoms with Gasteiger partial charge in [-0.15, -0.1) is 0 Å². The molecule has 0 aliphatic carbocycles. The first-order chi connectivity index (χ1) is 12.8. The van der Waals surface area contributed by atoms with Gasteiger partial charge in [-0.3, -0.25) is 4.79 Å². The Labute approximate surface area is 158 Å². The van der Waals surface area contributed by atoms with Gasteiger partial charge in [0.15, 0.2) is 11.5 Å². The van der Waals surface area contributed by atoms with Crippen molar-refractivity contribution < 1.29 is 32.2 Å². The van der Waals surface area contributed by atoms with E-state index in [9.17, 15) is 18.0 Å². The number of amides is 1. The summed E-state index contributed by atoms with van der Waals surface area (Å²) in [6.45, 7) is 0.888. The number of benzene rings is 2. The van der Waals surface area contributed by atoms with Crippen molar-refractivity contribution >= 4 is 23.2 Å². The largest absolute Gasteiger partial charge is 0.496 e. The van der Waals surface area contributed by atoms with E-state index in [4.69, 9.17) is 25.8 Å². The summed E-state index contributed by atoms with van der Waals surface area (Å²) >= 11 is 5.59. The van der Waals surface area contributed by atoms with Crippen molar-refractivity contribution in [3.05, 3.63) is 46.5 Å². The number of halogens is 4. The molecule has 2 aromatic rings. The third-order valence-corrected chi connectivity index (χ3v) is 4.17. The van der Waals surface area contributed by atoms with Crippen LogP contribution < -0.4 is 19.5 Å². The van der Waals surface area contributed by atoms with Gasteiger partial charge in [0.25, 0.3) is 5.91 Å². The molecule has 2 aromatic carbocycles. The Balaban J connectivity index is 1.91. The van der Waals surface area contributed by atoms with Gasteiger partial charge in [0.1, 0.15) is 5.75 Å². The predicted molar refractivity (Wildman–Crippen MR) is 93.0 cm³/mol. The summed E-state index contributed by atoms with van der Waals surface area (Å²) in [6, 6.07) is 6.08. The zero-order valence-corrected chi connectivity index (χ0v) is 14.9. The molecule has 0 spiro atoms. The molecule has 0 saturated carbocycles. The van der Waals surface area contributed by atoms with E-state index in [2.05, 4.69) is 5.32 Å². The molecule has 0 fully saturated rings. The van der Waals surface area contributed by atoms with Crippen LogP contribution in [0.25, 0.3) is 0 Å². The molecule has 0 radical (unpaired) electrons. The Morgan fingerprint density at radius 3 is 2.44 bits per heavy atom. The van der Waals surface area contributed by atoms with E-state index in [0.29, 0.717) is 31.1 Å². The van der Waals surface area contributed by atoms with Gasteiger partial charge < -0.3 is 19.5 Å². The number of hydrogen-bond donors (Lipinski definition) is 1. The average Bonchev–Trinajstić information content (AvgIpc) is 2.85. The minimum Gasteiger partial charge on any atom is -0.496 e. The molecule has 1 N–H and O–H groups in total. The molecule has 0 unspecified atom stereocenters. The van der Waals surface area contributed by atoms with Gasteiger partial charge in [0.05, 0.1) is 36.5 Å². The molecule has 9 heteroatoms. The fraction of sp³-hybridized carbons (Fsp3) is 0.278. The Kier molecular flexibility index (Phi) is 5.36. The SMILES string of the molecule is COc1cc2c(cc1C(=O)Nc1ccc(Cl)c(C(F)(F)F)c1)OCCCO2. The summed E-state index contributed by atoms with van der Waals surface area (Å²) in [5.41, 5.74) is -0.983. The summed E-state index contributed by atoms with van der Waals surface area (Å²) in [6.07, 6.45) is -3.95. The van der Waals surface area contributed by atoms with Gasteiger partial charge in [0, 0.05) is 24.2 Å². The first-order valence-electron chi connectivity index (χ1n) is 7.95. The molecule has 1 amide bonds. The van der Waals surface area contributed by atoms with Gasteiger partial charge >= 0.3 is 6.18 Å². The number of methoxy groups -OCH3 is 1. The maximum Gasteiger partial charge on any atom is 0.417 e. The molecule has 144 valence electrons. The number of ether oxygens (including phenoxy) is 3. The van der Waals surface area contributed by atoms with Crippen molar-refractivity contribution in [2.75, 3.05) is 25.6 Å². The van der Waals surface area contributed by atoms with Crippen LogP contribution in [0.15, 0.2) is 30.3 Å². The molecule has 0 atom stereocenters. The van der Waals surface area contributed by atoms with Gasteiger partial charge in [-0.05, 0) is 18.2 Å². The number of carbonyl (C=O) groups excluding carboxylic acids is 1. The third kappa shape index (κ3) is 4.21. The zero-order chi connectivity index (χ0) is 19.6. The van der Waals surface area contributed by atoms with Crippen LogP contribution in [0.1, 0.15) is 22.3 Å². The van der Waals surface area contributed by atoms with Crippen molar-refractivity contribution in [1.82, 2.24) is 0 Å². The Morgan fingerprint density at radius 1 is 1.15 bits per heavy atom. The summed E-state index contributed by atoms with van der Waals surface area (Å²) in [5.74, 6) is 0.358. The number of hydrogen-bond acceptors (Lipinski definition) is 4. The summed E-state index contributed by atoms with van der Waals surface area (Å²) in [4.78, 5) is 12.6. The van der Waals surface area contributed by atoms with E-state index in [1.165, 1.54) is 25.3 Å². The highest BCUT2D eigenvalue weighted by Crippen LogP contribution is 2.38. The Hall–Kier alpha value is -2.61. The standard InChI is InChI=1S/C18H15ClF3NO4/c1-25-14-9-16-15(26-5-2-6-27-16)8-11(14)17(24)23-10-3-4-13(19)12(7-10)18(20,21)22/h3-4,7-9H,2,5-6H2,1H3,(H,23,24). The molecule has 3 rings (SSSR count). The lowest BCUT2D eigenvalue weighted by Crippen LogP contribution is -2.15. The van der Waals surface area contributed by atoms with Crippen molar-refractivity contribution in [2.24, 2.45) is 0 Å². The molecule has 1 aliphatic rings. The van der Waals surface area contributed by atoms with Gasteiger partial charge in [-0.25, -0.2) is 0 Å². The van der Waals surface area contributed by atoms with Crippen molar-refractivity contribution in [3.63, 3.8) is 0 Å². The summed E-state index contributed by atoms with van der Waals surface area (Å²) < 4.78 is 55.2. The fourth-order valence-corrected chi connectivity index (χ4v) is 2.78. The van der Waals surface area contributed by atoms with Crippen LogP contribution in [0.4, 0.5) is 18.9 Å². The first kappa shape index (κ1) is 19.2. The monoisotopic (exact) mass is 401 g/mol. The highest BCUT2D eigenvalue weighted by Gasteiger charge is 2.33. The smallest absolute Gasteiger partial charge is 0.417 e. The van der Waals surface area contributed by atoms with Crippen LogP contribution in [0.2, 0.25) is 5.02 Å². The second kappa shape index (κ2) is 7.56. The lowest BCUT2D eigenvalue weighted by molar-refractivity contribution is -0.137. The van der Waals surface area contributed by atoms with E-state index in [0.717, 1.165) is 12.1 Å². The lowest BCUT2D eigenvalue weighted by atomic mass is 10.1.